The first kappa shape index (κ1) is 13.5. The molecule has 0 radical (unpaired) electrons. The van der Waals surface area contributed by atoms with Gasteiger partial charge in [0.15, 0.2) is 5.13 Å². The van der Waals surface area contributed by atoms with Crippen LogP contribution < -0.4 is 10.6 Å². The number of hydrogen-bond donors (Lipinski definition) is 2. The van der Waals surface area contributed by atoms with E-state index >= 15 is 0 Å². The summed E-state index contributed by atoms with van der Waals surface area (Å²) < 4.78 is 13.4. The molecule has 19 heavy (non-hydrogen) atoms. The highest BCUT2D eigenvalue weighted by Crippen LogP contribution is 2.16. The van der Waals surface area contributed by atoms with Crippen LogP contribution in [0.5, 0.6) is 0 Å². The van der Waals surface area contributed by atoms with Gasteiger partial charge in [-0.1, -0.05) is 12.1 Å². The number of thiazole rings is 1. The summed E-state index contributed by atoms with van der Waals surface area (Å²) in [6.45, 7) is 3.52. The maximum atomic E-state index is 13.4. The van der Waals surface area contributed by atoms with E-state index < -0.39 is 6.04 Å². The van der Waals surface area contributed by atoms with E-state index in [4.69, 9.17) is 0 Å². The number of halogens is 1. The maximum Gasteiger partial charge on any atom is 0.248 e. The monoisotopic (exact) mass is 279 g/mol. The zero-order valence-electron chi connectivity index (χ0n) is 10.6. The molecule has 100 valence electrons. The SMILES string of the molecule is Cc1csc(NC(=O)[C@H](C)Nc2ccccc2F)n1. The lowest BCUT2D eigenvalue weighted by molar-refractivity contribution is -0.116. The zero-order chi connectivity index (χ0) is 13.8. The molecule has 0 aliphatic rings. The first-order valence-electron chi connectivity index (χ1n) is 5.80. The number of para-hydroxylation sites is 1. The second-order valence-corrected chi connectivity index (χ2v) is 4.99. The van der Waals surface area contributed by atoms with Crippen molar-refractivity contribution in [1.29, 1.82) is 0 Å². The number of rotatable bonds is 4. The fraction of sp³-hybridized carbons (Fsp3) is 0.231. The molecule has 0 saturated carbocycles. The molecule has 1 aromatic carbocycles. The Balaban J connectivity index is 1.98. The molecule has 0 aliphatic carbocycles. The molecule has 0 saturated heterocycles. The Bertz CT molecular complexity index is 585. The Kier molecular flexibility index (Phi) is 4.11. The fourth-order valence-electron chi connectivity index (χ4n) is 1.50. The van der Waals surface area contributed by atoms with E-state index in [-0.39, 0.29) is 11.7 Å². The van der Waals surface area contributed by atoms with Crippen molar-refractivity contribution >= 4 is 28.1 Å². The molecule has 0 unspecified atom stereocenters. The average Bonchev–Trinajstić information content (AvgIpc) is 2.77. The van der Waals surface area contributed by atoms with Crippen LogP contribution in [0, 0.1) is 12.7 Å². The minimum absolute atomic E-state index is 0.252. The van der Waals surface area contributed by atoms with Crippen LogP contribution in [-0.4, -0.2) is 16.9 Å². The molecule has 2 N–H and O–H groups in total. The molecule has 0 spiro atoms. The van der Waals surface area contributed by atoms with E-state index in [2.05, 4.69) is 15.6 Å². The summed E-state index contributed by atoms with van der Waals surface area (Å²) in [6.07, 6.45) is 0. The Morgan fingerprint density at radius 3 is 2.79 bits per heavy atom. The summed E-state index contributed by atoms with van der Waals surface area (Å²) in [6, 6.07) is 5.69. The summed E-state index contributed by atoms with van der Waals surface area (Å²) in [5.74, 6) is -0.634. The fourth-order valence-corrected chi connectivity index (χ4v) is 2.19. The van der Waals surface area contributed by atoms with E-state index in [0.717, 1.165) is 5.69 Å². The molecule has 6 heteroatoms. The lowest BCUT2D eigenvalue weighted by Gasteiger charge is -2.14. The number of carbonyl (C=O) groups excluding carboxylic acids is 1. The summed E-state index contributed by atoms with van der Waals surface area (Å²) in [5, 5.41) is 7.91. The third-order valence-electron chi connectivity index (χ3n) is 2.49. The Labute approximate surface area is 114 Å². The summed E-state index contributed by atoms with van der Waals surface area (Å²) in [4.78, 5) is 16.1. The van der Waals surface area contributed by atoms with Crippen LogP contribution in [-0.2, 0) is 4.79 Å². The molecule has 2 rings (SSSR count). The highest BCUT2D eigenvalue weighted by Gasteiger charge is 2.15. The van der Waals surface area contributed by atoms with Crippen LogP contribution in [0.2, 0.25) is 0 Å². The van der Waals surface area contributed by atoms with Gasteiger partial charge < -0.3 is 10.6 Å². The van der Waals surface area contributed by atoms with Crippen LogP contribution in [0.1, 0.15) is 12.6 Å². The van der Waals surface area contributed by atoms with Crippen molar-refractivity contribution in [1.82, 2.24) is 4.98 Å². The summed E-state index contributed by atoms with van der Waals surface area (Å²) in [5.41, 5.74) is 1.16. The van der Waals surface area contributed by atoms with Gasteiger partial charge in [-0.3, -0.25) is 4.79 Å². The van der Waals surface area contributed by atoms with Crippen molar-refractivity contribution < 1.29 is 9.18 Å². The van der Waals surface area contributed by atoms with Crippen molar-refractivity contribution in [2.75, 3.05) is 10.6 Å². The van der Waals surface area contributed by atoms with Gasteiger partial charge in [-0.15, -0.1) is 11.3 Å². The molecule has 1 heterocycles. The second-order valence-electron chi connectivity index (χ2n) is 4.13. The van der Waals surface area contributed by atoms with E-state index in [1.807, 2.05) is 12.3 Å². The number of carbonyl (C=O) groups is 1. The van der Waals surface area contributed by atoms with Crippen molar-refractivity contribution in [2.45, 2.75) is 19.9 Å². The van der Waals surface area contributed by atoms with Gasteiger partial charge in [-0.05, 0) is 26.0 Å². The predicted octanol–water partition coefficient (Wildman–Crippen LogP) is 3.03. The number of anilines is 2. The van der Waals surface area contributed by atoms with Gasteiger partial charge in [0.05, 0.1) is 11.4 Å². The standard InChI is InChI=1S/C13H14FN3OS/c1-8-7-19-13(15-8)17-12(18)9(2)16-11-6-4-3-5-10(11)14/h3-7,9,16H,1-2H3,(H,15,17,18)/t9-/m0/s1. The first-order valence-corrected chi connectivity index (χ1v) is 6.68. The highest BCUT2D eigenvalue weighted by molar-refractivity contribution is 7.13. The molecule has 1 aromatic heterocycles. The molecule has 0 bridgehead atoms. The Morgan fingerprint density at radius 1 is 1.42 bits per heavy atom. The van der Waals surface area contributed by atoms with E-state index in [0.29, 0.717) is 10.8 Å². The van der Waals surface area contributed by atoms with Gasteiger partial charge in [-0.25, -0.2) is 9.37 Å². The van der Waals surface area contributed by atoms with Gasteiger partial charge in [0.2, 0.25) is 5.91 Å². The second kappa shape index (κ2) is 5.79. The third kappa shape index (κ3) is 3.51. The number of nitrogens with zero attached hydrogens (tertiary/aromatic N) is 1. The quantitative estimate of drug-likeness (QED) is 0.904. The van der Waals surface area contributed by atoms with Crippen LogP contribution in [0.3, 0.4) is 0 Å². The van der Waals surface area contributed by atoms with Crippen LogP contribution in [0.25, 0.3) is 0 Å². The molecular formula is C13H14FN3OS. The van der Waals surface area contributed by atoms with Crippen molar-refractivity contribution in [3.05, 3.63) is 41.2 Å². The average molecular weight is 279 g/mol. The Hall–Kier alpha value is -1.95. The number of amides is 1. The van der Waals surface area contributed by atoms with Gasteiger partial charge in [0.25, 0.3) is 0 Å². The molecule has 2 aromatic rings. The summed E-state index contributed by atoms with van der Waals surface area (Å²) in [7, 11) is 0. The lowest BCUT2D eigenvalue weighted by atomic mass is 10.2. The third-order valence-corrected chi connectivity index (χ3v) is 3.36. The van der Waals surface area contributed by atoms with E-state index in [1.54, 1.807) is 25.1 Å². The van der Waals surface area contributed by atoms with Crippen LogP contribution in [0.15, 0.2) is 29.6 Å². The normalized spacial score (nSPS) is 11.9. The van der Waals surface area contributed by atoms with Gasteiger partial charge in [0, 0.05) is 5.38 Å². The van der Waals surface area contributed by atoms with Crippen molar-refractivity contribution in [3.8, 4) is 0 Å². The minimum atomic E-state index is -0.555. The van der Waals surface area contributed by atoms with E-state index in [1.165, 1.54) is 17.4 Å². The molecule has 1 amide bonds. The van der Waals surface area contributed by atoms with Gasteiger partial charge in [0.1, 0.15) is 11.9 Å². The zero-order valence-corrected chi connectivity index (χ0v) is 11.4. The highest BCUT2D eigenvalue weighted by atomic mass is 32.1. The summed E-state index contributed by atoms with van der Waals surface area (Å²) >= 11 is 1.36. The number of benzene rings is 1. The van der Waals surface area contributed by atoms with Crippen LogP contribution in [0.4, 0.5) is 15.2 Å². The topological polar surface area (TPSA) is 54.0 Å². The molecule has 0 fully saturated rings. The minimum Gasteiger partial charge on any atom is -0.372 e. The van der Waals surface area contributed by atoms with Crippen molar-refractivity contribution in [2.24, 2.45) is 0 Å². The number of aromatic nitrogens is 1. The lowest BCUT2D eigenvalue weighted by Crippen LogP contribution is -2.32. The van der Waals surface area contributed by atoms with E-state index in [9.17, 15) is 9.18 Å². The molecule has 4 nitrogen and oxygen atoms in total. The largest absolute Gasteiger partial charge is 0.372 e. The van der Waals surface area contributed by atoms with Crippen molar-refractivity contribution in [3.63, 3.8) is 0 Å². The number of nitrogens with one attached hydrogen (secondary N) is 2. The number of aryl methyl sites for hydroxylation is 1. The van der Waals surface area contributed by atoms with Crippen LogP contribution >= 0.6 is 11.3 Å². The molecular weight excluding hydrogens is 265 g/mol. The predicted molar refractivity (Wildman–Crippen MR) is 75.0 cm³/mol. The smallest absolute Gasteiger partial charge is 0.248 e. The first-order chi connectivity index (χ1) is 9.06. The Morgan fingerprint density at radius 2 is 2.16 bits per heavy atom. The van der Waals surface area contributed by atoms with Gasteiger partial charge in [-0.2, -0.15) is 0 Å². The maximum absolute atomic E-state index is 13.4. The van der Waals surface area contributed by atoms with Gasteiger partial charge >= 0.3 is 0 Å². The number of hydrogen-bond acceptors (Lipinski definition) is 4. The molecule has 1 atom stereocenters. The molecule has 0 aliphatic heterocycles.